The van der Waals surface area contributed by atoms with Gasteiger partial charge in [0.05, 0.1) is 18.1 Å². The van der Waals surface area contributed by atoms with Gasteiger partial charge in [-0.1, -0.05) is 11.6 Å². The fourth-order valence-electron chi connectivity index (χ4n) is 2.10. The molecule has 5 nitrogen and oxygen atoms in total. The van der Waals surface area contributed by atoms with Gasteiger partial charge >= 0.3 is 6.18 Å². The lowest BCUT2D eigenvalue weighted by molar-refractivity contribution is -0.118. The Balaban J connectivity index is 2.03. The van der Waals surface area contributed by atoms with Crippen molar-refractivity contribution in [1.29, 1.82) is 0 Å². The van der Waals surface area contributed by atoms with Gasteiger partial charge in [-0.05, 0) is 24.5 Å². The molecule has 0 aromatic carbocycles. The van der Waals surface area contributed by atoms with E-state index in [1.165, 1.54) is 9.58 Å². The quantitative estimate of drug-likeness (QED) is 0.639. The second kappa shape index (κ2) is 9.09. The molecule has 0 saturated carbocycles. The molecule has 0 spiro atoms. The van der Waals surface area contributed by atoms with Crippen molar-refractivity contribution in [2.24, 2.45) is 0 Å². The molecule has 2 rings (SSSR count). The molecule has 2 aromatic rings. The lowest BCUT2D eigenvalue weighted by Gasteiger charge is -2.19. The zero-order valence-electron chi connectivity index (χ0n) is 13.8. The number of carbonyl (C=O) groups excluding carboxylic acids is 1. The fraction of sp³-hybridized carbons (Fsp3) is 0.312. The Kier molecular flexibility index (Phi) is 7.10. The predicted molar refractivity (Wildman–Crippen MR) is 96.7 cm³/mol. The molecule has 0 N–H and O–H groups in total. The number of rotatable bonds is 7. The first-order chi connectivity index (χ1) is 12.3. The van der Waals surface area contributed by atoms with Crippen LogP contribution in [0, 0.1) is 0 Å². The van der Waals surface area contributed by atoms with E-state index < -0.39 is 6.18 Å². The molecule has 2 heterocycles. The molecule has 0 fully saturated rings. The van der Waals surface area contributed by atoms with Gasteiger partial charge in [0, 0.05) is 31.0 Å². The summed E-state index contributed by atoms with van der Waals surface area (Å²) < 4.78 is 37.6. The number of anilines is 1. The van der Waals surface area contributed by atoms with Crippen molar-refractivity contribution in [2.75, 3.05) is 17.2 Å². The average Bonchev–Trinajstić information content (AvgIpc) is 2.97. The average molecular weight is 405 g/mol. The molecular weight excluding hydrogens is 389 g/mol. The van der Waals surface area contributed by atoms with Crippen LogP contribution in [0.25, 0.3) is 5.69 Å². The normalized spacial score (nSPS) is 11.9. The van der Waals surface area contributed by atoms with E-state index >= 15 is 0 Å². The number of alkyl halides is 3. The van der Waals surface area contributed by atoms with Crippen LogP contribution in [0.4, 0.5) is 18.9 Å². The van der Waals surface area contributed by atoms with Gasteiger partial charge in [0.2, 0.25) is 5.91 Å². The van der Waals surface area contributed by atoms with E-state index in [4.69, 9.17) is 11.6 Å². The summed E-state index contributed by atoms with van der Waals surface area (Å²) in [4.78, 5) is 17.8. The van der Waals surface area contributed by atoms with E-state index in [1.54, 1.807) is 37.6 Å². The minimum Gasteiger partial charge on any atom is -0.308 e. The summed E-state index contributed by atoms with van der Waals surface area (Å²) in [6.07, 6.45) is 0.735. The molecule has 0 saturated heterocycles. The third-order valence-electron chi connectivity index (χ3n) is 3.26. The molecule has 0 aliphatic rings. The molecule has 0 aliphatic carbocycles. The predicted octanol–water partition coefficient (Wildman–Crippen LogP) is 4.47. The van der Waals surface area contributed by atoms with E-state index in [9.17, 15) is 18.0 Å². The van der Waals surface area contributed by atoms with Crippen LogP contribution in [-0.4, -0.2) is 39.1 Å². The van der Waals surface area contributed by atoms with Gasteiger partial charge in [0.15, 0.2) is 5.15 Å². The van der Waals surface area contributed by atoms with Crippen molar-refractivity contribution in [2.45, 2.75) is 19.5 Å². The minimum absolute atomic E-state index is 0.0785. The maximum Gasteiger partial charge on any atom is 0.410 e. The first kappa shape index (κ1) is 20.3. The molecule has 0 atom stereocenters. The molecule has 140 valence electrons. The van der Waals surface area contributed by atoms with Gasteiger partial charge in [0.1, 0.15) is 5.69 Å². The number of amides is 1. The first-order valence-corrected chi connectivity index (χ1v) is 9.06. The zero-order valence-corrected chi connectivity index (χ0v) is 15.4. The summed E-state index contributed by atoms with van der Waals surface area (Å²) in [5.74, 6) is -0.0101. The van der Waals surface area contributed by atoms with Crippen LogP contribution in [0.1, 0.15) is 13.3 Å². The maximum absolute atomic E-state index is 12.4. The number of hydrogen-bond acceptors (Lipinski definition) is 4. The summed E-state index contributed by atoms with van der Waals surface area (Å²) in [6, 6.07) is 3.54. The molecule has 1 amide bonds. The largest absolute Gasteiger partial charge is 0.410 e. The number of allylic oxidation sites excluding steroid dienone is 1. The monoisotopic (exact) mass is 404 g/mol. The number of aromatic nitrogens is 3. The topological polar surface area (TPSA) is 51.0 Å². The lowest BCUT2D eigenvalue weighted by atomic mass is 10.3. The van der Waals surface area contributed by atoms with Crippen LogP contribution < -0.4 is 4.90 Å². The van der Waals surface area contributed by atoms with Crippen molar-refractivity contribution in [3.63, 3.8) is 0 Å². The van der Waals surface area contributed by atoms with Crippen molar-refractivity contribution in [3.8, 4) is 5.69 Å². The first-order valence-electron chi connectivity index (χ1n) is 7.64. The van der Waals surface area contributed by atoms with Gasteiger partial charge in [-0.25, -0.2) is 4.68 Å². The zero-order chi connectivity index (χ0) is 19.2. The van der Waals surface area contributed by atoms with E-state index in [0.29, 0.717) is 17.9 Å². The highest BCUT2D eigenvalue weighted by atomic mass is 35.5. The maximum atomic E-state index is 12.4. The van der Waals surface area contributed by atoms with Gasteiger partial charge in [0.25, 0.3) is 0 Å². The SMILES string of the molecule is CCN(C(=O)CCS/C=C/C(F)(F)F)c1cn(-c2cccnc2)nc1Cl. The number of nitrogens with zero attached hydrogens (tertiary/aromatic N) is 4. The van der Waals surface area contributed by atoms with Gasteiger partial charge in [-0.15, -0.1) is 11.8 Å². The van der Waals surface area contributed by atoms with Crippen molar-refractivity contribution < 1.29 is 18.0 Å². The number of halogens is 4. The van der Waals surface area contributed by atoms with Gasteiger partial charge in [-0.3, -0.25) is 9.78 Å². The number of hydrogen-bond donors (Lipinski definition) is 0. The molecule has 2 aromatic heterocycles. The lowest BCUT2D eigenvalue weighted by Crippen LogP contribution is -2.30. The Bertz CT molecular complexity index is 765. The summed E-state index contributed by atoms with van der Waals surface area (Å²) in [5, 5.41) is 5.28. The number of thioether (sulfide) groups is 1. The van der Waals surface area contributed by atoms with E-state index in [2.05, 4.69) is 10.1 Å². The van der Waals surface area contributed by atoms with E-state index in [1.807, 2.05) is 0 Å². The highest BCUT2D eigenvalue weighted by Gasteiger charge is 2.22. The third-order valence-corrected chi connectivity index (χ3v) is 4.29. The Morgan fingerprint density at radius 3 is 2.85 bits per heavy atom. The number of pyridine rings is 1. The number of carbonyl (C=O) groups is 1. The van der Waals surface area contributed by atoms with Crippen molar-refractivity contribution in [1.82, 2.24) is 14.8 Å². The second-order valence-electron chi connectivity index (χ2n) is 5.06. The molecule has 26 heavy (non-hydrogen) atoms. The standard InChI is InChI=1S/C16H16ClF3N4OS/c1-2-23(14(25)5-8-26-9-6-16(18,19)20)13-11-24(22-15(13)17)12-4-3-7-21-10-12/h3-4,6-7,9-11H,2,5,8H2,1H3/b9-6+. The highest BCUT2D eigenvalue weighted by Crippen LogP contribution is 2.27. The molecule has 0 aliphatic heterocycles. The molecule has 0 bridgehead atoms. The molecule has 10 heteroatoms. The Labute approximate surface area is 157 Å². The second-order valence-corrected chi connectivity index (χ2v) is 6.44. The summed E-state index contributed by atoms with van der Waals surface area (Å²) in [6.45, 7) is 2.15. The van der Waals surface area contributed by atoms with Crippen LogP contribution in [-0.2, 0) is 4.79 Å². The van der Waals surface area contributed by atoms with Crippen LogP contribution in [0.5, 0.6) is 0 Å². The Morgan fingerprint density at radius 2 is 2.23 bits per heavy atom. The summed E-state index contributed by atoms with van der Waals surface area (Å²) in [7, 11) is 0. The van der Waals surface area contributed by atoms with Crippen molar-refractivity contribution >= 4 is 35.0 Å². The van der Waals surface area contributed by atoms with E-state index in [-0.39, 0.29) is 29.3 Å². The Morgan fingerprint density at radius 1 is 1.46 bits per heavy atom. The highest BCUT2D eigenvalue weighted by molar-refractivity contribution is 8.02. The summed E-state index contributed by atoms with van der Waals surface area (Å²) in [5.41, 5.74) is 1.14. The summed E-state index contributed by atoms with van der Waals surface area (Å²) >= 11 is 7.09. The smallest absolute Gasteiger partial charge is 0.308 e. The minimum atomic E-state index is -4.35. The van der Waals surface area contributed by atoms with Crippen LogP contribution in [0.3, 0.4) is 0 Å². The molecular formula is C16H16ClF3N4OS. The van der Waals surface area contributed by atoms with Gasteiger partial charge < -0.3 is 4.90 Å². The fourth-order valence-corrected chi connectivity index (χ4v) is 3.01. The van der Waals surface area contributed by atoms with Crippen molar-refractivity contribution in [3.05, 3.63) is 47.4 Å². The van der Waals surface area contributed by atoms with Crippen LogP contribution in [0.15, 0.2) is 42.2 Å². The van der Waals surface area contributed by atoms with E-state index in [0.717, 1.165) is 17.2 Å². The molecule has 0 radical (unpaired) electrons. The molecule has 0 unspecified atom stereocenters. The third kappa shape index (κ3) is 5.77. The van der Waals surface area contributed by atoms with Gasteiger partial charge in [-0.2, -0.15) is 18.3 Å². The Hall–Kier alpha value is -2.00. The van der Waals surface area contributed by atoms with Crippen LogP contribution >= 0.6 is 23.4 Å². The van der Waals surface area contributed by atoms with Crippen LogP contribution in [0.2, 0.25) is 5.15 Å².